The zero-order valence-electron chi connectivity index (χ0n) is 17.2. The maximum Gasteiger partial charge on any atom is 0.306 e. The molecule has 0 saturated heterocycles. The van der Waals surface area contributed by atoms with Crippen LogP contribution in [0.3, 0.4) is 0 Å². The fourth-order valence-corrected chi connectivity index (χ4v) is 3.01. The quantitative estimate of drug-likeness (QED) is 0.407. The van der Waals surface area contributed by atoms with Gasteiger partial charge >= 0.3 is 5.97 Å². The van der Waals surface area contributed by atoms with E-state index in [-0.39, 0.29) is 11.8 Å². The van der Waals surface area contributed by atoms with Crippen molar-refractivity contribution in [2.24, 2.45) is 0 Å². The minimum Gasteiger partial charge on any atom is -0.489 e. The second kappa shape index (κ2) is 10.4. The maximum atomic E-state index is 13.0. The molecule has 0 aliphatic rings. The molecule has 30 heavy (non-hydrogen) atoms. The molecule has 0 saturated carbocycles. The molecule has 0 fully saturated rings. The Balaban J connectivity index is 1.57. The average molecular weight is 408 g/mol. The lowest BCUT2D eigenvalue weighted by Crippen LogP contribution is -2.05. The van der Waals surface area contributed by atoms with Crippen LogP contribution in [0.5, 0.6) is 17.2 Å². The summed E-state index contributed by atoms with van der Waals surface area (Å²) in [5.41, 5.74) is 3.04. The summed E-state index contributed by atoms with van der Waals surface area (Å²) in [6.45, 7) is 4.58. The molecule has 0 heterocycles. The number of hydrogen-bond donors (Lipinski definition) is 0. The molecule has 4 nitrogen and oxygen atoms in total. The molecule has 0 bridgehead atoms. The van der Waals surface area contributed by atoms with E-state index < -0.39 is 0 Å². The highest BCUT2D eigenvalue weighted by atomic mass is 19.1. The monoisotopic (exact) mass is 408 g/mol. The number of hydrogen-bond acceptors (Lipinski definition) is 4. The molecule has 0 spiro atoms. The van der Waals surface area contributed by atoms with Crippen LogP contribution in [-0.2, 0) is 22.6 Å². The molecule has 0 atom stereocenters. The van der Waals surface area contributed by atoms with E-state index in [0.717, 1.165) is 22.4 Å². The summed E-state index contributed by atoms with van der Waals surface area (Å²) in [7, 11) is 0. The summed E-state index contributed by atoms with van der Waals surface area (Å²) in [6.07, 6.45) is 1.01. The standard InChI is InChI=1S/C25H25FO4/c1-3-28-25(27)14-8-19-7-13-24(18(2)15-19)29-17-20-5-4-6-23(16-20)30-22-11-9-21(26)10-12-22/h4-7,9-13,15-16H,3,8,14,17H2,1-2H3. The molecule has 0 radical (unpaired) electrons. The molecular formula is C25H25FO4. The smallest absolute Gasteiger partial charge is 0.306 e. The van der Waals surface area contributed by atoms with Gasteiger partial charge in [-0.05, 0) is 79.4 Å². The van der Waals surface area contributed by atoms with Gasteiger partial charge in [0.25, 0.3) is 0 Å². The zero-order valence-corrected chi connectivity index (χ0v) is 17.2. The van der Waals surface area contributed by atoms with Crippen LogP contribution in [0.2, 0.25) is 0 Å². The fraction of sp³-hybridized carbons (Fsp3) is 0.240. The zero-order chi connectivity index (χ0) is 21.3. The normalized spacial score (nSPS) is 10.5. The van der Waals surface area contributed by atoms with Crippen molar-refractivity contribution >= 4 is 5.97 Å². The van der Waals surface area contributed by atoms with E-state index in [1.165, 1.54) is 12.1 Å². The van der Waals surface area contributed by atoms with Crippen LogP contribution in [-0.4, -0.2) is 12.6 Å². The Bertz CT molecular complexity index is 983. The van der Waals surface area contributed by atoms with Crippen molar-refractivity contribution in [3.63, 3.8) is 0 Å². The number of carbonyl (C=O) groups is 1. The summed E-state index contributed by atoms with van der Waals surface area (Å²) in [4.78, 5) is 11.5. The third kappa shape index (κ3) is 6.34. The first-order valence-corrected chi connectivity index (χ1v) is 9.94. The highest BCUT2D eigenvalue weighted by Gasteiger charge is 2.07. The predicted octanol–water partition coefficient (Wildman–Crippen LogP) is 6.00. The van der Waals surface area contributed by atoms with Crippen molar-refractivity contribution in [1.29, 1.82) is 0 Å². The molecule has 0 aliphatic heterocycles. The molecule has 0 aliphatic carbocycles. The first kappa shape index (κ1) is 21.4. The number of esters is 1. The molecule has 3 aromatic carbocycles. The second-order valence-corrected chi connectivity index (χ2v) is 6.90. The highest BCUT2D eigenvalue weighted by molar-refractivity contribution is 5.69. The third-order valence-electron chi connectivity index (χ3n) is 4.50. The van der Waals surface area contributed by atoms with Gasteiger partial charge in [-0.2, -0.15) is 0 Å². The van der Waals surface area contributed by atoms with Crippen molar-refractivity contribution in [2.75, 3.05) is 6.61 Å². The summed E-state index contributed by atoms with van der Waals surface area (Å²) >= 11 is 0. The third-order valence-corrected chi connectivity index (χ3v) is 4.50. The van der Waals surface area contributed by atoms with Crippen LogP contribution in [0.25, 0.3) is 0 Å². The van der Waals surface area contributed by atoms with E-state index in [4.69, 9.17) is 14.2 Å². The molecule has 5 heteroatoms. The molecule has 0 amide bonds. The fourth-order valence-electron chi connectivity index (χ4n) is 3.01. The molecular weight excluding hydrogens is 383 g/mol. The Morgan fingerprint density at radius 3 is 2.47 bits per heavy atom. The van der Waals surface area contributed by atoms with E-state index in [9.17, 15) is 9.18 Å². The van der Waals surface area contributed by atoms with Crippen LogP contribution < -0.4 is 9.47 Å². The van der Waals surface area contributed by atoms with E-state index >= 15 is 0 Å². The maximum absolute atomic E-state index is 13.0. The first-order chi connectivity index (χ1) is 14.5. The van der Waals surface area contributed by atoms with Crippen molar-refractivity contribution in [2.45, 2.75) is 33.3 Å². The second-order valence-electron chi connectivity index (χ2n) is 6.90. The minimum absolute atomic E-state index is 0.182. The Morgan fingerprint density at radius 2 is 1.73 bits per heavy atom. The van der Waals surface area contributed by atoms with Crippen LogP contribution in [0, 0.1) is 12.7 Å². The molecule has 0 aromatic heterocycles. The van der Waals surface area contributed by atoms with Gasteiger partial charge in [0.2, 0.25) is 0 Å². The van der Waals surface area contributed by atoms with Gasteiger partial charge in [-0.25, -0.2) is 4.39 Å². The van der Waals surface area contributed by atoms with E-state index in [1.807, 2.05) is 49.4 Å². The Kier molecular flexibility index (Phi) is 7.44. The van der Waals surface area contributed by atoms with Gasteiger partial charge in [-0.3, -0.25) is 4.79 Å². The van der Waals surface area contributed by atoms with Gasteiger partial charge < -0.3 is 14.2 Å². The van der Waals surface area contributed by atoms with Gasteiger partial charge in [0.05, 0.1) is 6.61 Å². The molecule has 3 rings (SSSR count). The van der Waals surface area contributed by atoms with E-state index in [1.54, 1.807) is 19.1 Å². The summed E-state index contributed by atoms with van der Waals surface area (Å²) in [6, 6.07) is 19.4. The lowest BCUT2D eigenvalue weighted by Gasteiger charge is -2.12. The summed E-state index contributed by atoms with van der Waals surface area (Å²) in [5, 5.41) is 0. The van der Waals surface area contributed by atoms with Crippen molar-refractivity contribution in [3.8, 4) is 17.2 Å². The van der Waals surface area contributed by atoms with Crippen molar-refractivity contribution in [3.05, 3.63) is 89.2 Å². The molecule has 0 unspecified atom stereocenters. The SMILES string of the molecule is CCOC(=O)CCc1ccc(OCc2cccc(Oc3ccc(F)cc3)c2)c(C)c1. The van der Waals surface area contributed by atoms with Gasteiger partial charge in [-0.1, -0.05) is 24.3 Å². The van der Waals surface area contributed by atoms with Crippen LogP contribution in [0.4, 0.5) is 4.39 Å². The first-order valence-electron chi connectivity index (χ1n) is 9.94. The Morgan fingerprint density at radius 1 is 0.933 bits per heavy atom. The lowest BCUT2D eigenvalue weighted by molar-refractivity contribution is -0.143. The molecule has 0 N–H and O–H groups in total. The van der Waals surface area contributed by atoms with E-state index in [0.29, 0.717) is 37.6 Å². The number of carbonyl (C=O) groups excluding carboxylic acids is 1. The number of halogens is 1. The van der Waals surface area contributed by atoms with Gasteiger partial charge in [0.1, 0.15) is 29.7 Å². The van der Waals surface area contributed by atoms with Gasteiger partial charge in [0, 0.05) is 6.42 Å². The lowest BCUT2D eigenvalue weighted by atomic mass is 10.1. The van der Waals surface area contributed by atoms with Crippen molar-refractivity contribution < 1.29 is 23.4 Å². The topological polar surface area (TPSA) is 44.8 Å². The molecule has 3 aromatic rings. The number of rotatable bonds is 9. The molecule has 156 valence electrons. The van der Waals surface area contributed by atoms with Crippen LogP contribution in [0.1, 0.15) is 30.0 Å². The predicted molar refractivity (Wildman–Crippen MR) is 113 cm³/mol. The average Bonchev–Trinajstić information content (AvgIpc) is 2.74. The van der Waals surface area contributed by atoms with Gasteiger partial charge in [0.15, 0.2) is 0 Å². The Labute approximate surface area is 176 Å². The van der Waals surface area contributed by atoms with Crippen LogP contribution >= 0.6 is 0 Å². The van der Waals surface area contributed by atoms with E-state index in [2.05, 4.69) is 0 Å². The Hall–Kier alpha value is -3.34. The number of aryl methyl sites for hydroxylation is 2. The number of ether oxygens (including phenoxy) is 3. The van der Waals surface area contributed by atoms with Crippen molar-refractivity contribution in [1.82, 2.24) is 0 Å². The van der Waals surface area contributed by atoms with Gasteiger partial charge in [-0.15, -0.1) is 0 Å². The minimum atomic E-state index is -0.299. The van der Waals surface area contributed by atoms with Crippen LogP contribution in [0.15, 0.2) is 66.7 Å². The largest absolute Gasteiger partial charge is 0.489 e. The summed E-state index contributed by atoms with van der Waals surface area (Å²) in [5.74, 6) is 1.54. The summed E-state index contributed by atoms with van der Waals surface area (Å²) < 4.78 is 29.7. The number of benzene rings is 3. The highest BCUT2D eigenvalue weighted by Crippen LogP contribution is 2.25.